The Hall–Kier alpha value is 0.230. The molecule has 0 spiro atoms. The third-order valence-electron chi connectivity index (χ3n) is 2.52. The number of halogens is 4. The zero-order valence-corrected chi connectivity index (χ0v) is 9.57. The van der Waals surface area contributed by atoms with Gasteiger partial charge in [0.1, 0.15) is 0 Å². The van der Waals surface area contributed by atoms with Gasteiger partial charge in [-0.25, -0.2) is 0 Å². The van der Waals surface area contributed by atoms with Crippen molar-refractivity contribution in [2.75, 3.05) is 25.0 Å². The molecule has 1 nitrogen and oxygen atoms in total. The SMILES string of the molecule is FC(F)(F)CN1CCCC(CCBr)C1. The molecule has 1 fully saturated rings. The van der Waals surface area contributed by atoms with Crippen molar-refractivity contribution in [3.8, 4) is 0 Å². The molecule has 14 heavy (non-hydrogen) atoms. The number of nitrogens with zero attached hydrogens (tertiary/aromatic N) is 1. The Balaban J connectivity index is 2.32. The van der Waals surface area contributed by atoms with Crippen molar-refractivity contribution in [1.29, 1.82) is 0 Å². The lowest BCUT2D eigenvalue weighted by atomic mass is 9.96. The zero-order valence-electron chi connectivity index (χ0n) is 7.99. The molecule has 1 atom stereocenters. The van der Waals surface area contributed by atoms with Crippen LogP contribution >= 0.6 is 15.9 Å². The Bertz CT molecular complexity index is 170. The topological polar surface area (TPSA) is 3.24 Å². The zero-order chi connectivity index (χ0) is 10.6. The Morgan fingerprint density at radius 2 is 2.07 bits per heavy atom. The van der Waals surface area contributed by atoms with Gasteiger partial charge < -0.3 is 0 Å². The Morgan fingerprint density at radius 3 is 2.64 bits per heavy atom. The summed E-state index contributed by atoms with van der Waals surface area (Å²) < 4.78 is 36.3. The predicted molar refractivity (Wildman–Crippen MR) is 53.6 cm³/mol. The van der Waals surface area contributed by atoms with Crippen molar-refractivity contribution in [3.63, 3.8) is 0 Å². The highest BCUT2D eigenvalue weighted by Crippen LogP contribution is 2.24. The standard InChI is InChI=1S/C9H15BrF3N/c10-4-3-8-2-1-5-14(6-8)7-9(11,12)13/h8H,1-7H2. The smallest absolute Gasteiger partial charge is 0.295 e. The molecule has 0 N–H and O–H groups in total. The van der Waals surface area contributed by atoms with E-state index in [1.165, 1.54) is 4.90 Å². The van der Waals surface area contributed by atoms with Gasteiger partial charge in [0.25, 0.3) is 0 Å². The van der Waals surface area contributed by atoms with Gasteiger partial charge in [-0.05, 0) is 31.7 Å². The summed E-state index contributed by atoms with van der Waals surface area (Å²) in [6.07, 6.45) is -1.10. The van der Waals surface area contributed by atoms with Gasteiger partial charge in [0.05, 0.1) is 6.54 Å². The Kier molecular flexibility index (Phi) is 4.70. The number of piperidine rings is 1. The summed E-state index contributed by atoms with van der Waals surface area (Å²) in [5.74, 6) is 0.436. The lowest BCUT2D eigenvalue weighted by Crippen LogP contribution is -2.41. The normalized spacial score (nSPS) is 25.3. The maximum atomic E-state index is 12.1. The molecule has 0 aromatic carbocycles. The molecule has 1 unspecified atom stereocenters. The molecule has 1 heterocycles. The average molecular weight is 274 g/mol. The molecule has 0 radical (unpaired) electrons. The minimum absolute atomic E-state index is 0.436. The van der Waals surface area contributed by atoms with Crippen LogP contribution in [-0.2, 0) is 0 Å². The highest BCUT2D eigenvalue weighted by atomic mass is 79.9. The average Bonchev–Trinajstić information content (AvgIpc) is 2.02. The molecule has 0 saturated carbocycles. The molecular weight excluding hydrogens is 259 g/mol. The molecule has 1 saturated heterocycles. The van der Waals surface area contributed by atoms with Gasteiger partial charge in [0.15, 0.2) is 0 Å². The van der Waals surface area contributed by atoms with Crippen molar-refractivity contribution in [3.05, 3.63) is 0 Å². The van der Waals surface area contributed by atoms with Gasteiger partial charge in [-0.3, -0.25) is 4.90 Å². The number of hydrogen-bond donors (Lipinski definition) is 0. The maximum Gasteiger partial charge on any atom is 0.401 e. The minimum atomic E-state index is -4.05. The van der Waals surface area contributed by atoms with E-state index < -0.39 is 12.7 Å². The van der Waals surface area contributed by atoms with E-state index in [0.717, 1.165) is 24.6 Å². The Labute approximate surface area is 90.8 Å². The van der Waals surface area contributed by atoms with E-state index in [9.17, 15) is 13.2 Å². The van der Waals surface area contributed by atoms with E-state index in [1.807, 2.05) is 0 Å². The van der Waals surface area contributed by atoms with Gasteiger partial charge in [-0.1, -0.05) is 15.9 Å². The fourth-order valence-electron chi connectivity index (χ4n) is 1.94. The van der Waals surface area contributed by atoms with Crippen LogP contribution in [0.5, 0.6) is 0 Å². The Morgan fingerprint density at radius 1 is 1.36 bits per heavy atom. The second-order valence-electron chi connectivity index (χ2n) is 3.84. The number of likely N-dealkylation sites (tertiary alicyclic amines) is 1. The van der Waals surface area contributed by atoms with Gasteiger partial charge in [0, 0.05) is 11.9 Å². The van der Waals surface area contributed by atoms with Crippen LogP contribution in [0.15, 0.2) is 0 Å². The van der Waals surface area contributed by atoms with E-state index in [4.69, 9.17) is 0 Å². The molecule has 0 bridgehead atoms. The van der Waals surface area contributed by atoms with Crippen LogP contribution in [0.2, 0.25) is 0 Å². The molecule has 0 aromatic heterocycles. The van der Waals surface area contributed by atoms with E-state index in [0.29, 0.717) is 19.0 Å². The predicted octanol–water partition coefficient (Wildman–Crippen LogP) is 3.05. The van der Waals surface area contributed by atoms with Gasteiger partial charge >= 0.3 is 6.18 Å². The second kappa shape index (κ2) is 5.35. The summed E-state index contributed by atoms with van der Waals surface area (Å²) in [6, 6.07) is 0. The largest absolute Gasteiger partial charge is 0.401 e. The first kappa shape index (κ1) is 12.3. The van der Waals surface area contributed by atoms with E-state index in [1.54, 1.807) is 0 Å². The third kappa shape index (κ3) is 4.64. The minimum Gasteiger partial charge on any atom is -0.295 e. The van der Waals surface area contributed by atoms with Crippen LogP contribution in [0.3, 0.4) is 0 Å². The first-order valence-corrected chi connectivity index (χ1v) is 5.98. The van der Waals surface area contributed by atoms with Gasteiger partial charge in [-0.2, -0.15) is 13.2 Å². The fraction of sp³-hybridized carbons (Fsp3) is 1.00. The van der Waals surface area contributed by atoms with Crippen molar-refractivity contribution in [2.24, 2.45) is 5.92 Å². The summed E-state index contributed by atoms with van der Waals surface area (Å²) in [4.78, 5) is 1.52. The first-order valence-electron chi connectivity index (χ1n) is 4.86. The summed E-state index contributed by atoms with van der Waals surface area (Å²) in [5.41, 5.74) is 0. The number of alkyl halides is 4. The molecule has 1 rings (SSSR count). The van der Waals surface area contributed by atoms with Crippen LogP contribution in [0.25, 0.3) is 0 Å². The maximum absolute atomic E-state index is 12.1. The van der Waals surface area contributed by atoms with Crippen LogP contribution in [0.4, 0.5) is 13.2 Å². The molecule has 0 amide bonds. The molecule has 1 aliphatic rings. The molecule has 84 valence electrons. The molecule has 0 aliphatic carbocycles. The van der Waals surface area contributed by atoms with Crippen molar-refractivity contribution >= 4 is 15.9 Å². The van der Waals surface area contributed by atoms with E-state index in [-0.39, 0.29) is 0 Å². The lowest BCUT2D eigenvalue weighted by molar-refractivity contribution is -0.149. The fourth-order valence-corrected chi connectivity index (χ4v) is 2.59. The van der Waals surface area contributed by atoms with Crippen molar-refractivity contribution < 1.29 is 13.2 Å². The summed E-state index contributed by atoms with van der Waals surface area (Å²) in [7, 11) is 0. The quantitative estimate of drug-likeness (QED) is 0.715. The molecule has 1 aliphatic heterocycles. The molecule has 5 heteroatoms. The van der Waals surface area contributed by atoms with Crippen molar-refractivity contribution in [1.82, 2.24) is 4.90 Å². The van der Waals surface area contributed by atoms with Crippen LogP contribution in [0, 0.1) is 5.92 Å². The highest BCUT2D eigenvalue weighted by Gasteiger charge is 2.32. The molecule has 0 aromatic rings. The second-order valence-corrected chi connectivity index (χ2v) is 4.63. The van der Waals surface area contributed by atoms with E-state index in [2.05, 4.69) is 15.9 Å². The van der Waals surface area contributed by atoms with Crippen LogP contribution in [-0.4, -0.2) is 36.0 Å². The molecular formula is C9H15BrF3N. The van der Waals surface area contributed by atoms with Gasteiger partial charge in [-0.15, -0.1) is 0 Å². The van der Waals surface area contributed by atoms with Crippen LogP contribution < -0.4 is 0 Å². The first-order chi connectivity index (χ1) is 6.51. The number of hydrogen-bond acceptors (Lipinski definition) is 1. The van der Waals surface area contributed by atoms with Crippen LogP contribution in [0.1, 0.15) is 19.3 Å². The summed E-state index contributed by atoms with van der Waals surface area (Å²) in [6.45, 7) is 0.454. The highest BCUT2D eigenvalue weighted by molar-refractivity contribution is 9.09. The summed E-state index contributed by atoms with van der Waals surface area (Å²) >= 11 is 3.33. The van der Waals surface area contributed by atoms with E-state index >= 15 is 0 Å². The monoisotopic (exact) mass is 273 g/mol. The van der Waals surface area contributed by atoms with Crippen molar-refractivity contribution in [2.45, 2.75) is 25.4 Å². The van der Waals surface area contributed by atoms with Gasteiger partial charge in [0.2, 0.25) is 0 Å². The third-order valence-corrected chi connectivity index (χ3v) is 2.98. The number of rotatable bonds is 3. The lowest BCUT2D eigenvalue weighted by Gasteiger charge is -2.32. The summed E-state index contributed by atoms with van der Waals surface area (Å²) in [5, 5.41) is 0.886.